The molecule has 0 saturated carbocycles. The maximum absolute atomic E-state index is 6.01. The zero-order chi connectivity index (χ0) is 15.6. The lowest BCUT2D eigenvalue weighted by molar-refractivity contribution is 0.0126. The van der Waals surface area contributed by atoms with Crippen molar-refractivity contribution in [1.82, 2.24) is 4.90 Å². The lowest BCUT2D eigenvalue weighted by Gasteiger charge is -2.39. The molecule has 0 aromatic heterocycles. The van der Waals surface area contributed by atoms with Gasteiger partial charge in [-0.1, -0.05) is 24.3 Å². The van der Waals surface area contributed by atoms with E-state index in [2.05, 4.69) is 11.0 Å². The van der Waals surface area contributed by atoms with Crippen LogP contribution in [0.5, 0.6) is 23.0 Å². The smallest absolute Gasteiger partial charge is 0.231 e. The van der Waals surface area contributed by atoms with Gasteiger partial charge in [-0.15, -0.1) is 0 Å². The van der Waals surface area contributed by atoms with E-state index in [9.17, 15) is 0 Å². The Labute approximate surface area is 135 Å². The van der Waals surface area contributed by atoms with Gasteiger partial charge in [0.2, 0.25) is 6.79 Å². The third kappa shape index (κ3) is 2.80. The maximum atomic E-state index is 6.01. The first-order valence-corrected chi connectivity index (χ1v) is 7.73. The fourth-order valence-corrected chi connectivity index (χ4v) is 2.98. The topological polar surface area (TPSA) is 40.2 Å². The summed E-state index contributed by atoms with van der Waals surface area (Å²) >= 11 is 0. The van der Waals surface area contributed by atoms with Crippen LogP contribution in [0.25, 0.3) is 0 Å². The van der Waals surface area contributed by atoms with E-state index in [1.807, 2.05) is 36.4 Å². The van der Waals surface area contributed by atoms with Crippen molar-refractivity contribution in [2.24, 2.45) is 0 Å². The maximum Gasteiger partial charge on any atom is 0.231 e. The summed E-state index contributed by atoms with van der Waals surface area (Å²) in [7, 11) is 1.66. The number of hydrogen-bond donors (Lipinski definition) is 0. The molecule has 2 aromatic carbocycles. The molecule has 2 aromatic rings. The largest absolute Gasteiger partial charge is 0.493 e. The van der Waals surface area contributed by atoms with Gasteiger partial charge in [-0.3, -0.25) is 4.90 Å². The number of ether oxygens (including phenoxy) is 4. The molecule has 0 amide bonds. The van der Waals surface area contributed by atoms with Crippen molar-refractivity contribution in [3.05, 3.63) is 48.0 Å². The Morgan fingerprint density at radius 1 is 1.04 bits per heavy atom. The average Bonchev–Trinajstić information content (AvgIpc) is 3.02. The summed E-state index contributed by atoms with van der Waals surface area (Å²) in [5.74, 6) is 3.29. The normalized spacial score (nSPS) is 16.9. The van der Waals surface area contributed by atoms with Gasteiger partial charge in [-0.2, -0.15) is 0 Å². The molecule has 120 valence electrons. The number of nitrogens with zero attached hydrogens (tertiary/aromatic N) is 1. The fraction of sp³-hybridized carbons (Fsp3) is 0.333. The van der Waals surface area contributed by atoms with E-state index in [4.69, 9.17) is 18.9 Å². The minimum atomic E-state index is 0.195. The van der Waals surface area contributed by atoms with Gasteiger partial charge < -0.3 is 18.9 Å². The van der Waals surface area contributed by atoms with Gasteiger partial charge in [0.1, 0.15) is 6.10 Å². The van der Waals surface area contributed by atoms with Crippen molar-refractivity contribution < 1.29 is 18.9 Å². The third-order valence-electron chi connectivity index (χ3n) is 4.16. The lowest BCUT2D eigenvalue weighted by atomic mass is 10.1. The Hall–Kier alpha value is -2.40. The predicted octanol–water partition coefficient (Wildman–Crippen LogP) is 2.69. The van der Waals surface area contributed by atoms with Crippen LogP contribution in [0.2, 0.25) is 0 Å². The Balaban J connectivity index is 1.35. The minimum Gasteiger partial charge on any atom is -0.493 e. The number of likely N-dealkylation sites (tertiary alicyclic amines) is 1. The van der Waals surface area contributed by atoms with Crippen LogP contribution >= 0.6 is 0 Å². The van der Waals surface area contributed by atoms with Crippen LogP contribution in [0.15, 0.2) is 42.5 Å². The second-order valence-corrected chi connectivity index (χ2v) is 5.74. The van der Waals surface area contributed by atoms with Gasteiger partial charge in [0.05, 0.1) is 7.11 Å². The first-order valence-electron chi connectivity index (χ1n) is 7.73. The van der Waals surface area contributed by atoms with Crippen molar-refractivity contribution in [1.29, 1.82) is 0 Å². The highest BCUT2D eigenvalue weighted by Gasteiger charge is 2.30. The molecule has 0 bridgehead atoms. The van der Waals surface area contributed by atoms with Gasteiger partial charge in [0.25, 0.3) is 0 Å². The highest BCUT2D eigenvalue weighted by molar-refractivity contribution is 5.48. The van der Waals surface area contributed by atoms with E-state index in [0.29, 0.717) is 6.79 Å². The number of hydrogen-bond acceptors (Lipinski definition) is 5. The molecule has 0 N–H and O–H groups in total. The quantitative estimate of drug-likeness (QED) is 0.849. The second kappa shape index (κ2) is 6.01. The molecular weight excluding hydrogens is 294 g/mol. The molecule has 0 spiro atoms. The minimum absolute atomic E-state index is 0.195. The van der Waals surface area contributed by atoms with Crippen molar-refractivity contribution in [3.63, 3.8) is 0 Å². The van der Waals surface area contributed by atoms with E-state index in [1.54, 1.807) is 7.11 Å². The van der Waals surface area contributed by atoms with E-state index in [-0.39, 0.29) is 6.10 Å². The zero-order valence-corrected chi connectivity index (χ0v) is 13.0. The molecule has 5 heteroatoms. The second-order valence-electron chi connectivity index (χ2n) is 5.74. The third-order valence-corrected chi connectivity index (χ3v) is 4.16. The van der Waals surface area contributed by atoms with Gasteiger partial charge in [-0.25, -0.2) is 0 Å². The molecule has 2 aliphatic rings. The summed E-state index contributed by atoms with van der Waals surface area (Å²) < 4.78 is 22.3. The summed E-state index contributed by atoms with van der Waals surface area (Å²) in [6.45, 7) is 2.94. The predicted molar refractivity (Wildman–Crippen MR) is 85.3 cm³/mol. The molecule has 4 rings (SSSR count). The van der Waals surface area contributed by atoms with Gasteiger partial charge in [-0.05, 0) is 18.2 Å². The highest BCUT2D eigenvalue weighted by Crippen LogP contribution is 2.36. The van der Waals surface area contributed by atoms with Gasteiger partial charge in [0.15, 0.2) is 23.0 Å². The molecule has 5 nitrogen and oxygen atoms in total. The molecule has 1 fully saturated rings. The van der Waals surface area contributed by atoms with Crippen LogP contribution in [-0.2, 0) is 6.54 Å². The van der Waals surface area contributed by atoms with Crippen LogP contribution in [0.1, 0.15) is 5.56 Å². The van der Waals surface area contributed by atoms with Crippen molar-refractivity contribution in [3.8, 4) is 23.0 Å². The average molecular weight is 313 g/mol. The molecular formula is C18H19NO4. The first-order chi connectivity index (χ1) is 11.3. The van der Waals surface area contributed by atoms with Crippen molar-refractivity contribution in [2.45, 2.75) is 12.6 Å². The Morgan fingerprint density at radius 3 is 2.70 bits per heavy atom. The number of benzene rings is 2. The van der Waals surface area contributed by atoms with Crippen molar-refractivity contribution >= 4 is 0 Å². The summed E-state index contributed by atoms with van der Waals surface area (Å²) in [5.41, 5.74) is 1.16. The monoisotopic (exact) mass is 313 g/mol. The van der Waals surface area contributed by atoms with E-state index in [0.717, 1.165) is 48.2 Å². The van der Waals surface area contributed by atoms with Crippen LogP contribution in [-0.4, -0.2) is 38.0 Å². The molecule has 2 aliphatic heterocycles. The Morgan fingerprint density at radius 2 is 1.87 bits per heavy atom. The molecule has 0 radical (unpaired) electrons. The zero-order valence-electron chi connectivity index (χ0n) is 13.0. The summed E-state index contributed by atoms with van der Waals surface area (Å²) in [6, 6.07) is 13.8. The van der Waals surface area contributed by atoms with Crippen LogP contribution in [0, 0.1) is 0 Å². The lowest BCUT2D eigenvalue weighted by Crippen LogP contribution is -2.53. The number of fused-ring (bicyclic) bond motifs is 1. The summed E-state index contributed by atoms with van der Waals surface area (Å²) in [6.07, 6.45) is 0.195. The van der Waals surface area contributed by atoms with E-state index < -0.39 is 0 Å². The number of para-hydroxylation sites is 3. The van der Waals surface area contributed by atoms with E-state index in [1.165, 1.54) is 0 Å². The summed E-state index contributed by atoms with van der Waals surface area (Å²) in [4.78, 5) is 2.33. The van der Waals surface area contributed by atoms with Gasteiger partial charge >= 0.3 is 0 Å². The molecule has 23 heavy (non-hydrogen) atoms. The number of methoxy groups -OCH3 is 1. The Kier molecular flexibility index (Phi) is 3.71. The standard InChI is InChI=1S/C18H19NO4/c1-20-15-6-2-3-7-16(15)23-14-10-19(11-14)9-13-5-4-8-17-18(13)22-12-21-17/h2-8,14H,9-12H2,1H3. The molecule has 1 saturated heterocycles. The first kappa shape index (κ1) is 14.2. The summed E-state index contributed by atoms with van der Waals surface area (Å²) in [5, 5.41) is 0. The highest BCUT2D eigenvalue weighted by atomic mass is 16.7. The molecule has 0 atom stereocenters. The number of rotatable bonds is 5. The molecule has 0 unspecified atom stereocenters. The van der Waals surface area contributed by atoms with E-state index >= 15 is 0 Å². The molecule has 2 heterocycles. The van der Waals surface area contributed by atoms with Crippen molar-refractivity contribution in [2.75, 3.05) is 27.0 Å². The molecule has 0 aliphatic carbocycles. The van der Waals surface area contributed by atoms with Crippen LogP contribution in [0.4, 0.5) is 0 Å². The van der Waals surface area contributed by atoms with Crippen LogP contribution in [0.3, 0.4) is 0 Å². The Bertz CT molecular complexity index is 697. The van der Waals surface area contributed by atoms with Gasteiger partial charge in [0, 0.05) is 25.2 Å². The fourth-order valence-electron chi connectivity index (χ4n) is 2.98. The van der Waals surface area contributed by atoms with Crippen LogP contribution < -0.4 is 18.9 Å². The SMILES string of the molecule is COc1ccccc1OC1CN(Cc2cccc3c2OCO3)C1.